The zero-order chi connectivity index (χ0) is 17.2. The Labute approximate surface area is 142 Å². The van der Waals surface area contributed by atoms with Crippen LogP contribution in [0.4, 0.5) is 5.69 Å². The van der Waals surface area contributed by atoms with E-state index in [2.05, 4.69) is 10.3 Å². The first-order valence-electron chi connectivity index (χ1n) is 8.06. The van der Waals surface area contributed by atoms with E-state index in [4.69, 9.17) is 0 Å². The number of amides is 1. The van der Waals surface area contributed by atoms with Crippen LogP contribution in [0.25, 0.3) is 0 Å². The predicted octanol–water partition coefficient (Wildman–Crippen LogP) is 3.36. The van der Waals surface area contributed by atoms with E-state index in [-0.39, 0.29) is 11.2 Å². The summed E-state index contributed by atoms with van der Waals surface area (Å²) < 4.78 is 25.1. The van der Waals surface area contributed by atoms with Crippen molar-refractivity contribution in [2.45, 2.75) is 42.8 Å². The molecule has 1 aromatic carbocycles. The van der Waals surface area contributed by atoms with Gasteiger partial charge in [0.2, 0.25) is 0 Å². The minimum Gasteiger partial charge on any atom is -0.321 e. The van der Waals surface area contributed by atoms with E-state index in [0.717, 1.165) is 31.4 Å². The number of aryl methyl sites for hydroxylation is 1. The van der Waals surface area contributed by atoms with Crippen molar-refractivity contribution in [2.24, 2.45) is 0 Å². The van der Waals surface area contributed by atoms with Crippen LogP contribution < -0.4 is 5.32 Å². The second-order valence-corrected chi connectivity index (χ2v) is 8.32. The lowest BCUT2D eigenvalue weighted by Gasteiger charge is -2.12. The summed E-state index contributed by atoms with van der Waals surface area (Å²) in [5.74, 6) is -0.315. The maximum atomic E-state index is 12.5. The molecule has 1 aliphatic carbocycles. The second kappa shape index (κ2) is 6.73. The summed E-state index contributed by atoms with van der Waals surface area (Å²) in [5.41, 5.74) is 1.65. The average molecular weight is 344 g/mol. The van der Waals surface area contributed by atoms with E-state index in [1.165, 1.54) is 0 Å². The Morgan fingerprint density at radius 3 is 2.38 bits per heavy atom. The molecule has 1 amide bonds. The fraction of sp³-hybridized carbons (Fsp3) is 0.333. The summed E-state index contributed by atoms with van der Waals surface area (Å²) in [6.45, 7) is 1.82. The molecule has 1 fully saturated rings. The normalized spacial score (nSPS) is 15.4. The van der Waals surface area contributed by atoms with Gasteiger partial charge in [0.15, 0.2) is 9.84 Å². The number of carbonyl (C=O) groups is 1. The van der Waals surface area contributed by atoms with Crippen LogP contribution in [0.15, 0.2) is 47.4 Å². The number of sulfone groups is 1. The monoisotopic (exact) mass is 344 g/mol. The fourth-order valence-corrected chi connectivity index (χ4v) is 4.84. The molecule has 0 aliphatic heterocycles. The SMILES string of the molecule is Cc1cccc(C(=O)Nc2ccc(S(=O)(=O)C3CCCC3)cc2)n1. The molecule has 0 bridgehead atoms. The standard InChI is InChI=1S/C18H20N2O3S/c1-13-5-4-8-17(19-13)18(21)20-14-9-11-16(12-10-14)24(22,23)15-6-2-3-7-15/h4-5,8-12,15H,2-3,6-7H2,1H3,(H,20,21). The molecule has 1 heterocycles. The van der Waals surface area contributed by atoms with Crippen LogP contribution in [0, 0.1) is 6.92 Å². The highest BCUT2D eigenvalue weighted by Gasteiger charge is 2.30. The van der Waals surface area contributed by atoms with Gasteiger partial charge in [-0.2, -0.15) is 0 Å². The molecule has 24 heavy (non-hydrogen) atoms. The lowest BCUT2D eigenvalue weighted by Crippen LogP contribution is -2.18. The highest BCUT2D eigenvalue weighted by Crippen LogP contribution is 2.30. The van der Waals surface area contributed by atoms with Gasteiger partial charge in [0, 0.05) is 11.4 Å². The van der Waals surface area contributed by atoms with Crippen molar-refractivity contribution in [1.29, 1.82) is 0 Å². The number of carbonyl (C=O) groups excluding carboxylic acids is 1. The van der Waals surface area contributed by atoms with Crippen molar-refractivity contribution >= 4 is 21.4 Å². The first-order valence-corrected chi connectivity index (χ1v) is 9.60. The Morgan fingerprint density at radius 1 is 1.08 bits per heavy atom. The number of nitrogens with zero attached hydrogens (tertiary/aromatic N) is 1. The molecule has 0 spiro atoms. The molecule has 1 saturated carbocycles. The number of nitrogens with one attached hydrogen (secondary N) is 1. The summed E-state index contributed by atoms with van der Waals surface area (Å²) in [7, 11) is -3.27. The summed E-state index contributed by atoms with van der Waals surface area (Å²) >= 11 is 0. The van der Waals surface area contributed by atoms with Crippen LogP contribution in [0.1, 0.15) is 41.9 Å². The summed E-state index contributed by atoms with van der Waals surface area (Å²) in [6.07, 6.45) is 3.42. The smallest absolute Gasteiger partial charge is 0.274 e. The first kappa shape index (κ1) is 16.6. The zero-order valence-electron chi connectivity index (χ0n) is 13.5. The number of aromatic nitrogens is 1. The van der Waals surface area contributed by atoms with E-state index in [0.29, 0.717) is 16.3 Å². The van der Waals surface area contributed by atoms with Crippen LogP contribution in [0.3, 0.4) is 0 Å². The van der Waals surface area contributed by atoms with Crippen molar-refractivity contribution in [3.8, 4) is 0 Å². The third kappa shape index (κ3) is 3.48. The van der Waals surface area contributed by atoms with Gasteiger partial charge in [0.25, 0.3) is 5.91 Å². The summed E-state index contributed by atoms with van der Waals surface area (Å²) in [6, 6.07) is 11.6. The molecule has 3 rings (SSSR count). The second-order valence-electron chi connectivity index (χ2n) is 6.09. The molecule has 0 saturated heterocycles. The van der Waals surface area contributed by atoms with E-state index in [9.17, 15) is 13.2 Å². The Morgan fingerprint density at radius 2 is 1.75 bits per heavy atom. The lowest BCUT2D eigenvalue weighted by molar-refractivity contribution is 0.102. The molecule has 0 unspecified atom stereocenters. The number of hydrogen-bond acceptors (Lipinski definition) is 4. The van der Waals surface area contributed by atoms with Gasteiger partial charge in [0.1, 0.15) is 5.69 Å². The Kier molecular flexibility index (Phi) is 4.66. The Balaban J connectivity index is 1.74. The molecule has 0 atom stereocenters. The Bertz CT molecular complexity index is 839. The predicted molar refractivity (Wildman–Crippen MR) is 92.8 cm³/mol. The quantitative estimate of drug-likeness (QED) is 0.923. The highest BCUT2D eigenvalue weighted by atomic mass is 32.2. The number of pyridine rings is 1. The molecule has 5 nitrogen and oxygen atoms in total. The molecule has 126 valence electrons. The molecule has 0 radical (unpaired) electrons. The van der Waals surface area contributed by atoms with Crippen molar-refractivity contribution < 1.29 is 13.2 Å². The maximum absolute atomic E-state index is 12.5. The molecule has 6 heteroatoms. The van der Waals surface area contributed by atoms with Gasteiger partial charge in [-0.25, -0.2) is 13.4 Å². The van der Waals surface area contributed by atoms with Crippen molar-refractivity contribution in [3.05, 3.63) is 53.9 Å². The highest BCUT2D eigenvalue weighted by molar-refractivity contribution is 7.92. The van der Waals surface area contributed by atoms with E-state index >= 15 is 0 Å². The van der Waals surface area contributed by atoms with Crippen LogP contribution in [-0.4, -0.2) is 24.6 Å². The summed E-state index contributed by atoms with van der Waals surface area (Å²) in [4.78, 5) is 16.7. The van der Waals surface area contributed by atoms with E-state index in [1.54, 1.807) is 36.4 Å². The van der Waals surface area contributed by atoms with Crippen LogP contribution >= 0.6 is 0 Å². The minimum atomic E-state index is -3.27. The zero-order valence-corrected chi connectivity index (χ0v) is 14.3. The van der Waals surface area contributed by atoms with Gasteiger partial charge >= 0.3 is 0 Å². The minimum absolute atomic E-state index is 0.269. The van der Waals surface area contributed by atoms with Gasteiger partial charge in [-0.3, -0.25) is 4.79 Å². The molecule has 1 aromatic heterocycles. The fourth-order valence-electron chi connectivity index (χ4n) is 2.98. The average Bonchev–Trinajstić information content (AvgIpc) is 3.10. The third-order valence-electron chi connectivity index (χ3n) is 4.30. The lowest BCUT2D eigenvalue weighted by atomic mass is 10.2. The van der Waals surface area contributed by atoms with Crippen LogP contribution in [0.2, 0.25) is 0 Å². The molecular formula is C18H20N2O3S. The van der Waals surface area contributed by atoms with Gasteiger partial charge < -0.3 is 5.32 Å². The molecule has 1 aliphatic rings. The third-order valence-corrected chi connectivity index (χ3v) is 6.58. The molecular weight excluding hydrogens is 324 g/mol. The van der Waals surface area contributed by atoms with Crippen molar-refractivity contribution in [2.75, 3.05) is 5.32 Å². The van der Waals surface area contributed by atoms with Crippen LogP contribution in [-0.2, 0) is 9.84 Å². The maximum Gasteiger partial charge on any atom is 0.274 e. The molecule has 1 N–H and O–H groups in total. The van der Waals surface area contributed by atoms with Gasteiger partial charge in [-0.1, -0.05) is 18.9 Å². The number of benzene rings is 1. The van der Waals surface area contributed by atoms with E-state index in [1.807, 2.05) is 13.0 Å². The van der Waals surface area contributed by atoms with E-state index < -0.39 is 9.84 Å². The van der Waals surface area contributed by atoms with Gasteiger partial charge in [0.05, 0.1) is 10.1 Å². The Hall–Kier alpha value is -2.21. The number of anilines is 1. The van der Waals surface area contributed by atoms with Crippen LogP contribution in [0.5, 0.6) is 0 Å². The number of hydrogen-bond donors (Lipinski definition) is 1. The van der Waals surface area contributed by atoms with Crippen molar-refractivity contribution in [1.82, 2.24) is 4.98 Å². The topological polar surface area (TPSA) is 76.1 Å². The molecule has 2 aromatic rings. The largest absolute Gasteiger partial charge is 0.321 e. The van der Waals surface area contributed by atoms with Crippen molar-refractivity contribution in [3.63, 3.8) is 0 Å². The van der Waals surface area contributed by atoms with Gasteiger partial charge in [-0.05, 0) is 56.2 Å². The first-order chi connectivity index (χ1) is 11.5. The summed E-state index contributed by atoms with van der Waals surface area (Å²) in [5, 5.41) is 2.47. The number of rotatable bonds is 4. The van der Waals surface area contributed by atoms with Gasteiger partial charge in [-0.15, -0.1) is 0 Å².